The van der Waals surface area contributed by atoms with E-state index in [0.717, 1.165) is 133 Å². The van der Waals surface area contributed by atoms with Crippen LogP contribution in [0.4, 0.5) is 0 Å². The molecule has 1 aromatic heterocycles. The van der Waals surface area contributed by atoms with Gasteiger partial charge in [0.2, 0.25) is 11.8 Å². The number of hydrogen-bond donors (Lipinski definition) is 5. The predicted octanol–water partition coefficient (Wildman–Crippen LogP) is 9.85. The standard InChI is InChI=1S/C74H112N10O8/c1-53(2)12-8-13-54(3)62-20-21-63-60-19-18-57-50-58(26-30-73(57,4)64(60)27-31-74(62,63)5)75-32-9-35-80-44-46-83(47-45-80)38-28-71(89)76-33-10-36-81-40-42-82(43-41-81)37-11-34-77-72(90)29-39-84-52-59(78-79-84)51-61(65(85)22-14-55-16-24-67(87)69(48-55)91-6)66(86)23-15-56-17-25-68(88)70(49-56)92-7/h14-18,22-25,48-49,52-54,58,60-64,75,87-88H,8-13,19-21,26-47,50-51H2,1-7H3,(H,76,89)(H,77,90)/b22-14+,23-15+/t54-,58+,60+,62-,63+,64+,73+,74-/m1/s1. The first-order valence-corrected chi connectivity index (χ1v) is 35.3. The number of methoxy groups -OCH3 is 2. The van der Waals surface area contributed by atoms with E-state index in [1.807, 2.05) is 0 Å². The molecule has 4 aliphatic carbocycles. The van der Waals surface area contributed by atoms with Gasteiger partial charge in [0, 0.05) is 103 Å². The van der Waals surface area contributed by atoms with Gasteiger partial charge in [-0.3, -0.25) is 23.9 Å². The number of rotatable bonds is 34. The molecule has 2 amide bonds. The van der Waals surface area contributed by atoms with Gasteiger partial charge in [0.1, 0.15) is 0 Å². The van der Waals surface area contributed by atoms with Crippen LogP contribution in [-0.4, -0.2) is 187 Å². The monoisotopic (exact) mass is 1270 g/mol. The van der Waals surface area contributed by atoms with Gasteiger partial charge < -0.3 is 55.2 Å². The number of aryl methyl sites for hydroxylation is 1. The second kappa shape index (κ2) is 34.0. The van der Waals surface area contributed by atoms with Crippen LogP contribution in [0.1, 0.15) is 154 Å². The third-order valence-electron chi connectivity index (χ3n) is 22.5. The summed E-state index contributed by atoms with van der Waals surface area (Å²) in [6.07, 6.45) is 29.2. The zero-order chi connectivity index (χ0) is 65.2. The van der Waals surface area contributed by atoms with Crippen molar-refractivity contribution in [2.24, 2.45) is 52.3 Å². The van der Waals surface area contributed by atoms with E-state index in [4.69, 9.17) is 9.47 Å². The fourth-order valence-corrected chi connectivity index (χ4v) is 16.9. The predicted molar refractivity (Wildman–Crippen MR) is 364 cm³/mol. The average molecular weight is 1270 g/mol. The lowest BCUT2D eigenvalue weighted by Crippen LogP contribution is -2.52. The Balaban J connectivity index is 0.581. The number of fused-ring (bicyclic) bond motifs is 5. The molecule has 3 aromatic rings. The SMILES string of the molecule is COc1cc(/C=C/C(=O)C(Cc2cn(CCC(=O)NCCCN3CCN(CCCNC(=O)CCN4CCN(CCCN[C@H]5CC[C@@]6(C)C(=CC[C@H]7[C@@H]8CC[C@H]([C@H](C)CCCC(C)C)[C@@]8(C)CC[C@@H]76)C5)CC4)CC3)nn2)C(=O)/C=C/c2ccc(O)c(OC)c2)ccc1O. The molecule has 0 spiro atoms. The molecular formula is C74H112N10O8. The van der Waals surface area contributed by atoms with Crippen LogP contribution >= 0.6 is 0 Å². The summed E-state index contributed by atoms with van der Waals surface area (Å²) in [7, 11) is 2.86. The number of nitrogens with zero attached hydrogens (tertiary/aromatic N) is 7. The summed E-state index contributed by atoms with van der Waals surface area (Å²) in [6.45, 7) is 27.4. The Hall–Kier alpha value is -5.92. The molecule has 0 bridgehead atoms. The number of allylic oxidation sites excluding steroid dienone is 3. The van der Waals surface area contributed by atoms with E-state index in [-0.39, 0.29) is 54.2 Å². The smallest absolute Gasteiger partial charge is 0.221 e. The van der Waals surface area contributed by atoms with Crippen molar-refractivity contribution in [3.05, 3.63) is 83.2 Å². The molecule has 3 heterocycles. The highest BCUT2D eigenvalue weighted by molar-refractivity contribution is 6.13. The van der Waals surface area contributed by atoms with Gasteiger partial charge in [-0.1, -0.05) is 95.0 Å². The van der Waals surface area contributed by atoms with Crippen LogP contribution < -0.4 is 25.4 Å². The highest BCUT2D eigenvalue weighted by Crippen LogP contribution is 2.67. The number of amides is 2. The van der Waals surface area contributed by atoms with Crippen molar-refractivity contribution in [3.8, 4) is 23.0 Å². The fraction of sp³-hybridized carbons (Fsp3) is 0.676. The van der Waals surface area contributed by atoms with E-state index in [2.05, 4.69) is 86.6 Å². The Morgan fingerprint density at radius 1 is 0.663 bits per heavy atom. The molecule has 92 heavy (non-hydrogen) atoms. The highest BCUT2D eigenvalue weighted by atomic mass is 16.5. The zero-order valence-corrected chi connectivity index (χ0v) is 56.9. The first kappa shape index (κ1) is 70.4. The first-order valence-electron chi connectivity index (χ1n) is 35.3. The lowest BCUT2D eigenvalue weighted by atomic mass is 9.47. The van der Waals surface area contributed by atoms with Gasteiger partial charge in [-0.25, -0.2) is 0 Å². The largest absolute Gasteiger partial charge is 0.504 e. The maximum absolute atomic E-state index is 13.6. The fourth-order valence-electron chi connectivity index (χ4n) is 16.9. The highest BCUT2D eigenvalue weighted by Gasteiger charge is 2.59. The Morgan fingerprint density at radius 2 is 1.22 bits per heavy atom. The number of piperazine rings is 2. The van der Waals surface area contributed by atoms with E-state index < -0.39 is 17.5 Å². The number of nitrogens with one attached hydrogen (secondary N) is 3. The molecule has 18 nitrogen and oxygen atoms in total. The molecule has 0 radical (unpaired) electrons. The topological polar surface area (TPSA) is 207 Å². The van der Waals surface area contributed by atoms with E-state index in [1.165, 1.54) is 116 Å². The number of phenolic OH excluding ortho intramolecular Hbond substituents is 2. The summed E-state index contributed by atoms with van der Waals surface area (Å²) in [6, 6.07) is 9.95. The van der Waals surface area contributed by atoms with Gasteiger partial charge >= 0.3 is 0 Å². The molecular weight excluding hydrogens is 1160 g/mol. The first-order chi connectivity index (χ1) is 44.4. The molecule has 9 rings (SSSR count). The quantitative estimate of drug-likeness (QED) is 0.0163. The van der Waals surface area contributed by atoms with Crippen LogP contribution in [0, 0.1) is 52.3 Å². The van der Waals surface area contributed by atoms with Gasteiger partial charge in [-0.15, -0.1) is 5.10 Å². The van der Waals surface area contributed by atoms with E-state index in [1.54, 1.807) is 52.9 Å². The normalized spacial score (nSPS) is 25.2. The van der Waals surface area contributed by atoms with E-state index in [9.17, 15) is 29.4 Å². The van der Waals surface area contributed by atoms with Crippen molar-refractivity contribution in [1.29, 1.82) is 0 Å². The van der Waals surface area contributed by atoms with Crippen molar-refractivity contribution in [1.82, 2.24) is 50.5 Å². The summed E-state index contributed by atoms with van der Waals surface area (Å²) in [4.78, 5) is 63.0. The number of aromatic nitrogens is 3. The summed E-state index contributed by atoms with van der Waals surface area (Å²) < 4.78 is 11.9. The van der Waals surface area contributed by atoms with Crippen molar-refractivity contribution in [2.45, 2.75) is 156 Å². The maximum Gasteiger partial charge on any atom is 0.221 e. The van der Waals surface area contributed by atoms with Gasteiger partial charge in [-0.05, 0) is 191 Å². The molecule has 2 aliphatic heterocycles. The van der Waals surface area contributed by atoms with Crippen molar-refractivity contribution >= 4 is 35.5 Å². The number of aromatic hydroxyl groups is 2. The average Bonchev–Trinajstić information content (AvgIpc) is 1.36. The lowest BCUT2D eigenvalue weighted by Gasteiger charge is -2.58. The zero-order valence-electron chi connectivity index (χ0n) is 56.9. The van der Waals surface area contributed by atoms with Gasteiger partial charge in [0.15, 0.2) is 34.6 Å². The van der Waals surface area contributed by atoms with Crippen molar-refractivity contribution < 1.29 is 38.9 Å². The summed E-state index contributed by atoms with van der Waals surface area (Å²) in [5.74, 6) is 3.77. The third kappa shape index (κ3) is 19.2. The molecule has 0 unspecified atom stereocenters. The number of hydrogen-bond acceptors (Lipinski definition) is 15. The number of ketones is 2. The van der Waals surface area contributed by atoms with Crippen molar-refractivity contribution in [3.63, 3.8) is 0 Å². The summed E-state index contributed by atoms with van der Waals surface area (Å²) in [5.41, 5.74) is 4.37. The number of ether oxygens (including phenoxy) is 2. The second-order valence-corrected chi connectivity index (χ2v) is 28.9. The lowest BCUT2D eigenvalue weighted by molar-refractivity contribution is -0.127. The van der Waals surface area contributed by atoms with Crippen molar-refractivity contribution in [2.75, 3.05) is 112 Å². The number of benzene rings is 2. The number of carbonyl (C=O) groups is 4. The Bertz CT molecular complexity index is 2910. The van der Waals surface area contributed by atoms with Gasteiger partial charge in [0.25, 0.3) is 0 Å². The Labute approximate surface area is 549 Å². The Morgan fingerprint density at radius 3 is 1.78 bits per heavy atom. The third-order valence-corrected chi connectivity index (χ3v) is 22.5. The minimum atomic E-state index is -1.13. The molecule has 5 fully saturated rings. The molecule has 6 aliphatic rings. The van der Waals surface area contributed by atoms with Crippen LogP contribution in [0.5, 0.6) is 23.0 Å². The van der Waals surface area contributed by atoms with Crippen LogP contribution in [0.15, 0.2) is 66.4 Å². The molecule has 3 saturated carbocycles. The maximum atomic E-state index is 13.6. The molecule has 18 heteroatoms. The summed E-state index contributed by atoms with van der Waals surface area (Å²) in [5, 5.41) is 38.7. The Kier molecular flexibility index (Phi) is 26.0. The number of carbonyl (C=O) groups excluding carboxylic acids is 4. The van der Waals surface area contributed by atoms with E-state index >= 15 is 0 Å². The molecule has 8 atom stereocenters. The van der Waals surface area contributed by atoms with Crippen LogP contribution in [0.3, 0.4) is 0 Å². The molecule has 2 saturated heterocycles. The van der Waals surface area contributed by atoms with Crippen LogP contribution in [0.2, 0.25) is 0 Å². The summed E-state index contributed by atoms with van der Waals surface area (Å²) >= 11 is 0. The number of phenols is 2. The molecule has 506 valence electrons. The van der Waals surface area contributed by atoms with Gasteiger partial charge in [0.05, 0.1) is 32.4 Å². The van der Waals surface area contributed by atoms with Crippen LogP contribution in [0.25, 0.3) is 12.2 Å². The second-order valence-electron chi connectivity index (χ2n) is 28.9. The minimum absolute atomic E-state index is 0.0286. The minimum Gasteiger partial charge on any atom is -0.504 e. The van der Waals surface area contributed by atoms with Crippen LogP contribution in [-0.2, 0) is 32.1 Å². The van der Waals surface area contributed by atoms with E-state index in [0.29, 0.717) is 53.2 Å². The molecule has 2 aromatic carbocycles. The van der Waals surface area contributed by atoms with Gasteiger partial charge in [-0.2, -0.15) is 0 Å². The molecule has 5 N–H and O–H groups in total.